The molecule has 1 heterocycles. The van der Waals surface area contributed by atoms with Crippen LogP contribution in [-0.2, 0) is 6.42 Å². The highest BCUT2D eigenvalue weighted by molar-refractivity contribution is 5.62. The number of anilines is 1. The highest BCUT2D eigenvalue weighted by atomic mass is 19.2. The van der Waals surface area contributed by atoms with Gasteiger partial charge in [-0.15, -0.1) is 0 Å². The predicted molar refractivity (Wildman–Crippen MR) is 68.4 cm³/mol. The van der Waals surface area contributed by atoms with Gasteiger partial charge in [0, 0.05) is 31.4 Å². The third-order valence-electron chi connectivity index (χ3n) is 2.72. The molecule has 0 saturated carbocycles. The van der Waals surface area contributed by atoms with Crippen LogP contribution in [0.1, 0.15) is 12.2 Å². The molecule has 6 nitrogen and oxygen atoms in total. The lowest BCUT2D eigenvalue weighted by Crippen LogP contribution is -2.08. The first-order valence-electron chi connectivity index (χ1n) is 5.94. The van der Waals surface area contributed by atoms with Gasteiger partial charge in [0.15, 0.2) is 17.3 Å². The highest BCUT2D eigenvalue weighted by Crippen LogP contribution is 2.28. The van der Waals surface area contributed by atoms with Gasteiger partial charge in [0.1, 0.15) is 5.82 Å². The molecule has 2 aromatic rings. The molecule has 8 heteroatoms. The van der Waals surface area contributed by atoms with Crippen molar-refractivity contribution in [3.05, 3.63) is 52.1 Å². The first-order chi connectivity index (χ1) is 9.59. The van der Waals surface area contributed by atoms with Gasteiger partial charge in [0.05, 0.1) is 4.92 Å². The van der Waals surface area contributed by atoms with Crippen LogP contribution < -0.4 is 5.32 Å². The average molecular weight is 282 g/mol. The Morgan fingerprint density at radius 3 is 2.85 bits per heavy atom. The Morgan fingerprint density at radius 2 is 2.20 bits per heavy atom. The second-order valence-corrected chi connectivity index (χ2v) is 4.08. The average Bonchev–Trinajstić information content (AvgIpc) is 2.92. The molecule has 0 aliphatic carbocycles. The van der Waals surface area contributed by atoms with Gasteiger partial charge in [0.25, 0.3) is 5.69 Å². The van der Waals surface area contributed by atoms with Gasteiger partial charge < -0.3 is 10.3 Å². The highest BCUT2D eigenvalue weighted by Gasteiger charge is 2.20. The third kappa shape index (κ3) is 3.08. The normalized spacial score (nSPS) is 10.5. The number of nitrogens with zero attached hydrogens (tertiary/aromatic N) is 2. The van der Waals surface area contributed by atoms with E-state index in [4.69, 9.17) is 0 Å². The quantitative estimate of drug-likeness (QED) is 0.484. The lowest BCUT2D eigenvalue weighted by molar-refractivity contribution is -0.384. The van der Waals surface area contributed by atoms with Gasteiger partial charge in [0.2, 0.25) is 0 Å². The van der Waals surface area contributed by atoms with E-state index < -0.39 is 27.9 Å². The number of rotatable bonds is 6. The number of aromatic nitrogens is 2. The summed E-state index contributed by atoms with van der Waals surface area (Å²) in [4.78, 5) is 16.9. The van der Waals surface area contributed by atoms with Gasteiger partial charge in [-0.05, 0) is 12.5 Å². The summed E-state index contributed by atoms with van der Waals surface area (Å²) < 4.78 is 26.7. The maximum atomic E-state index is 13.6. The fraction of sp³-hybridized carbons (Fsp3) is 0.250. The minimum atomic E-state index is -1.24. The summed E-state index contributed by atoms with van der Waals surface area (Å²) in [6.07, 6.45) is 4.46. The van der Waals surface area contributed by atoms with Crippen molar-refractivity contribution in [3.8, 4) is 0 Å². The Kier molecular flexibility index (Phi) is 4.24. The SMILES string of the molecule is O=[N+]([O-])c1ccc(F)c(F)c1NCCCc1ncc[nH]1. The maximum Gasteiger partial charge on any atom is 0.295 e. The number of nitro benzene ring substituents is 1. The molecular weight excluding hydrogens is 270 g/mol. The number of H-pyrrole nitrogens is 1. The molecule has 0 unspecified atom stereocenters. The topological polar surface area (TPSA) is 83.8 Å². The van der Waals surface area contributed by atoms with Crippen molar-refractivity contribution in [1.29, 1.82) is 0 Å². The lowest BCUT2D eigenvalue weighted by Gasteiger charge is -2.08. The lowest BCUT2D eigenvalue weighted by atomic mass is 10.2. The standard InChI is InChI=1S/C12H12F2N4O2/c13-8-3-4-9(18(19)20)12(11(8)14)17-5-1-2-10-15-6-7-16-10/h3-4,6-7,17H,1-2,5H2,(H,15,16). The van der Waals surface area contributed by atoms with E-state index in [0.29, 0.717) is 12.8 Å². The second-order valence-electron chi connectivity index (χ2n) is 4.08. The van der Waals surface area contributed by atoms with E-state index in [1.54, 1.807) is 12.4 Å². The molecule has 0 saturated heterocycles. The van der Waals surface area contributed by atoms with Crippen molar-refractivity contribution in [2.45, 2.75) is 12.8 Å². The first kappa shape index (κ1) is 13.9. The summed E-state index contributed by atoms with van der Waals surface area (Å²) >= 11 is 0. The Hall–Kier alpha value is -2.51. The monoisotopic (exact) mass is 282 g/mol. The smallest absolute Gasteiger partial charge is 0.295 e. The summed E-state index contributed by atoms with van der Waals surface area (Å²) in [6.45, 7) is 0.266. The van der Waals surface area contributed by atoms with Crippen LogP contribution in [0.4, 0.5) is 20.2 Å². The van der Waals surface area contributed by atoms with Gasteiger partial charge in [-0.25, -0.2) is 13.8 Å². The van der Waals surface area contributed by atoms with E-state index in [9.17, 15) is 18.9 Å². The van der Waals surface area contributed by atoms with Crippen molar-refractivity contribution in [3.63, 3.8) is 0 Å². The van der Waals surface area contributed by atoms with Crippen LogP contribution in [0, 0.1) is 21.7 Å². The van der Waals surface area contributed by atoms with Crippen molar-refractivity contribution in [2.24, 2.45) is 0 Å². The number of hydrogen-bond donors (Lipinski definition) is 2. The summed E-state index contributed by atoms with van der Waals surface area (Å²) in [6, 6.07) is 1.68. The fourth-order valence-corrected chi connectivity index (χ4v) is 1.76. The van der Waals surface area contributed by atoms with Crippen LogP contribution in [0.2, 0.25) is 0 Å². The molecule has 20 heavy (non-hydrogen) atoms. The molecule has 0 amide bonds. The van der Waals surface area contributed by atoms with E-state index >= 15 is 0 Å². The fourth-order valence-electron chi connectivity index (χ4n) is 1.76. The largest absolute Gasteiger partial charge is 0.377 e. The van der Waals surface area contributed by atoms with E-state index in [0.717, 1.165) is 18.0 Å². The number of hydrogen-bond acceptors (Lipinski definition) is 4. The van der Waals surface area contributed by atoms with Crippen molar-refractivity contribution < 1.29 is 13.7 Å². The van der Waals surface area contributed by atoms with E-state index in [1.807, 2.05) is 0 Å². The van der Waals surface area contributed by atoms with E-state index in [-0.39, 0.29) is 6.54 Å². The summed E-state index contributed by atoms with van der Waals surface area (Å²) in [5.74, 6) is -1.60. The molecule has 0 radical (unpaired) electrons. The number of imidazole rings is 1. The van der Waals surface area contributed by atoms with E-state index in [1.165, 1.54) is 0 Å². The number of halogens is 2. The molecule has 1 aromatic heterocycles. The molecular formula is C12H12F2N4O2. The Bertz CT molecular complexity index is 602. The first-order valence-corrected chi connectivity index (χ1v) is 5.94. The minimum absolute atomic E-state index is 0.266. The maximum absolute atomic E-state index is 13.6. The number of benzene rings is 1. The molecule has 0 fully saturated rings. The van der Waals surface area contributed by atoms with Crippen LogP contribution in [0.3, 0.4) is 0 Å². The summed E-state index contributed by atoms with van der Waals surface area (Å²) in [5, 5.41) is 13.3. The molecule has 2 rings (SSSR count). The number of nitro groups is 1. The van der Waals surface area contributed by atoms with E-state index in [2.05, 4.69) is 15.3 Å². The van der Waals surface area contributed by atoms with Crippen molar-refractivity contribution in [1.82, 2.24) is 9.97 Å². The predicted octanol–water partition coefficient (Wildman–Crippen LogP) is 2.64. The molecule has 0 atom stereocenters. The zero-order chi connectivity index (χ0) is 14.5. The number of aromatic amines is 1. The summed E-state index contributed by atoms with van der Waals surface area (Å²) in [7, 11) is 0. The molecule has 0 spiro atoms. The Labute approximate surface area is 113 Å². The van der Waals surface area contributed by atoms with Crippen molar-refractivity contribution in [2.75, 3.05) is 11.9 Å². The van der Waals surface area contributed by atoms with Gasteiger partial charge in [-0.1, -0.05) is 0 Å². The van der Waals surface area contributed by atoms with Crippen LogP contribution in [-0.4, -0.2) is 21.4 Å². The molecule has 106 valence electrons. The molecule has 0 aliphatic rings. The van der Waals surface area contributed by atoms with Gasteiger partial charge >= 0.3 is 0 Å². The number of aryl methyl sites for hydroxylation is 1. The molecule has 2 N–H and O–H groups in total. The molecule has 1 aromatic carbocycles. The van der Waals surface area contributed by atoms with Crippen LogP contribution in [0.5, 0.6) is 0 Å². The minimum Gasteiger partial charge on any atom is -0.377 e. The van der Waals surface area contributed by atoms with Crippen molar-refractivity contribution >= 4 is 11.4 Å². The zero-order valence-electron chi connectivity index (χ0n) is 10.4. The molecule has 0 bridgehead atoms. The Morgan fingerprint density at radius 1 is 1.40 bits per heavy atom. The Balaban J connectivity index is 2.01. The summed E-state index contributed by atoms with van der Waals surface area (Å²) in [5.41, 5.74) is -0.906. The van der Waals surface area contributed by atoms with Crippen LogP contribution in [0.15, 0.2) is 24.5 Å². The van der Waals surface area contributed by atoms with Gasteiger partial charge in [-0.2, -0.15) is 0 Å². The van der Waals surface area contributed by atoms with Crippen LogP contribution in [0.25, 0.3) is 0 Å². The molecule has 0 aliphatic heterocycles. The third-order valence-corrected chi connectivity index (χ3v) is 2.72. The zero-order valence-corrected chi connectivity index (χ0v) is 10.4. The van der Waals surface area contributed by atoms with Crippen LogP contribution >= 0.6 is 0 Å². The second kappa shape index (κ2) is 6.09. The number of nitrogens with one attached hydrogen (secondary N) is 2. The van der Waals surface area contributed by atoms with Gasteiger partial charge in [-0.3, -0.25) is 10.1 Å².